The molecular weight excluding hydrogens is 276 g/mol. The Morgan fingerprint density at radius 3 is 2.40 bits per heavy atom. The predicted octanol–water partition coefficient (Wildman–Crippen LogP) is 0.761. The minimum absolute atomic E-state index is 0.183. The summed E-state index contributed by atoms with van der Waals surface area (Å²) in [4.78, 5) is 1.95. The van der Waals surface area contributed by atoms with Gasteiger partial charge in [-0.1, -0.05) is 12.1 Å². The van der Waals surface area contributed by atoms with E-state index in [1.807, 2.05) is 43.3 Å². The first-order valence-electron chi connectivity index (χ1n) is 6.63. The molecule has 0 heterocycles. The molecule has 0 spiro atoms. The summed E-state index contributed by atoms with van der Waals surface area (Å²) in [5.74, 6) is 1.02. The molecule has 5 nitrogen and oxygen atoms in total. The third kappa shape index (κ3) is 7.47. The first kappa shape index (κ1) is 16.9. The minimum Gasteiger partial charge on any atom is -0.492 e. The molecule has 1 aromatic carbocycles. The van der Waals surface area contributed by atoms with Crippen molar-refractivity contribution in [3.8, 4) is 5.75 Å². The number of likely N-dealkylation sites (N-methyl/N-ethyl adjacent to an activating group) is 1. The van der Waals surface area contributed by atoms with Crippen LogP contribution >= 0.6 is 0 Å². The summed E-state index contributed by atoms with van der Waals surface area (Å²) in [6.07, 6.45) is 1.25. The second-order valence-corrected chi connectivity index (χ2v) is 7.22. The summed E-state index contributed by atoms with van der Waals surface area (Å²) >= 11 is 0. The van der Waals surface area contributed by atoms with Crippen LogP contribution in [0.2, 0.25) is 0 Å². The monoisotopic (exact) mass is 300 g/mol. The average molecular weight is 300 g/mol. The van der Waals surface area contributed by atoms with E-state index in [4.69, 9.17) is 4.74 Å². The maximum atomic E-state index is 11.1. The minimum atomic E-state index is -2.90. The van der Waals surface area contributed by atoms with Crippen molar-refractivity contribution in [3.63, 3.8) is 0 Å². The van der Waals surface area contributed by atoms with Gasteiger partial charge >= 0.3 is 0 Å². The van der Waals surface area contributed by atoms with E-state index in [0.29, 0.717) is 19.7 Å². The fraction of sp³-hybridized carbons (Fsp3) is 0.571. The van der Waals surface area contributed by atoms with Crippen LogP contribution in [0.3, 0.4) is 0 Å². The Balaban J connectivity index is 2.26. The van der Waals surface area contributed by atoms with E-state index in [2.05, 4.69) is 5.32 Å². The zero-order valence-electron chi connectivity index (χ0n) is 12.4. The highest BCUT2D eigenvalue weighted by molar-refractivity contribution is 7.90. The highest BCUT2D eigenvalue weighted by Crippen LogP contribution is 2.11. The molecular formula is C14H24N2O3S. The Morgan fingerprint density at radius 1 is 1.20 bits per heavy atom. The second-order valence-electron chi connectivity index (χ2n) is 4.96. The van der Waals surface area contributed by atoms with E-state index < -0.39 is 9.84 Å². The average Bonchev–Trinajstić information content (AvgIpc) is 2.38. The van der Waals surface area contributed by atoms with Crippen LogP contribution in [0.25, 0.3) is 0 Å². The van der Waals surface area contributed by atoms with Crippen LogP contribution in [-0.4, -0.2) is 59.1 Å². The molecule has 1 aromatic rings. The Morgan fingerprint density at radius 2 is 1.85 bits per heavy atom. The molecule has 0 bridgehead atoms. The molecule has 0 amide bonds. The first-order valence-corrected chi connectivity index (χ1v) is 8.69. The molecule has 0 aliphatic rings. The SMILES string of the molecule is CNCc1ccc(OCCN(C)CCS(C)(=O)=O)cc1. The Bertz CT molecular complexity index is 486. The summed E-state index contributed by atoms with van der Waals surface area (Å²) in [7, 11) is 0.912. The molecule has 6 heteroatoms. The summed E-state index contributed by atoms with van der Waals surface area (Å²) in [6.45, 7) is 2.62. The maximum Gasteiger partial charge on any atom is 0.148 e. The van der Waals surface area contributed by atoms with Gasteiger partial charge < -0.3 is 15.0 Å². The van der Waals surface area contributed by atoms with Crippen LogP contribution < -0.4 is 10.1 Å². The van der Waals surface area contributed by atoms with Crippen molar-refractivity contribution in [2.45, 2.75) is 6.54 Å². The van der Waals surface area contributed by atoms with Crippen molar-refractivity contribution in [2.75, 3.05) is 45.8 Å². The number of hydrogen-bond acceptors (Lipinski definition) is 5. The summed E-state index contributed by atoms with van der Waals surface area (Å²) in [6, 6.07) is 7.95. The number of benzene rings is 1. The molecule has 0 radical (unpaired) electrons. The number of hydrogen-bond donors (Lipinski definition) is 1. The lowest BCUT2D eigenvalue weighted by Gasteiger charge is -2.16. The van der Waals surface area contributed by atoms with Crippen LogP contribution in [0, 0.1) is 0 Å². The molecule has 0 aliphatic heterocycles. The summed E-state index contributed by atoms with van der Waals surface area (Å²) in [5.41, 5.74) is 1.21. The van der Waals surface area contributed by atoms with Crippen LogP contribution in [0.4, 0.5) is 0 Å². The third-order valence-corrected chi connectivity index (χ3v) is 3.81. The largest absolute Gasteiger partial charge is 0.492 e. The molecule has 0 fully saturated rings. The van der Waals surface area contributed by atoms with Gasteiger partial charge in [-0.3, -0.25) is 0 Å². The summed E-state index contributed by atoms with van der Waals surface area (Å²) < 4.78 is 27.7. The lowest BCUT2D eigenvalue weighted by molar-refractivity contribution is 0.244. The standard InChI is InChI=1S/C14H24N2O3S/c1-15-12-13-4-6-14(7-5-13)19-10-8-16(2)9-11-20(3,17)18/h4-7,15H,8-12H2,1-3H3. The number of sulfone groups is 1. The predicted molar refractivity (Wildman–Crippen MR) is 81.9 cm³/mol. The molecule has 0 unspecified atom stereocenters. The van der Waals surface area contributed by atoms with Crippen LogP contribution in [0.5, 0.6) is 5.75 Å². The maximum absolute atomic E-state index is 11.1. The lowest BCUT2D eigenvalue weighted by atomic mass is 10.2. The van der Waals surface area contributed by atoms with Gasteiger partial charge in [-0.2, -0.15) is 0 Å². The molecule has 0 atom stereocenters. The lowest BCUT2D eigenvalue weighted by Crippen LogP contribution is -2.29. The van der Waals surface area contributed by atoms with Gasteiger partial charge in [0.25, 0.3) is 0 Å². The van der Waals surface area contributed by atoms with Gasteiger partial charge in [-0.05, 0) is 31.8 Å². The molecule has 1 rings (SSSR count). The van der Waals surface area contributed by atoms with E-state index in [1.165, 1.54) is 11.8 Å². The van der Waals surface area contributed by atoms with Crippen LogP contribution in [0.15, 0.2) is 24.3 Å². The molecule has 114 valence electrons. The van der Waals surface area contributed by atoms with Crippen LogP contribution in [0.1, 0.15) is 5.56 Å². The fourth-order valence-electron chi connectivity index (χ4n) is 1.66. The van der Waals surface area contributed by atoms with Crippen molar-refractivity contribution in [1.82, 2.24) is 10.2 Å². The van der Waals surface area contributed by atoms with E-state index in [1.54, 1.807) is 0 Å². The molecule has 20 heavy (non-hydrogen) atoms. The molecule has 0 aromatic heterocycles. The Hall–Kier alpha value is -1.11. The number of nitrogens with zero attached hydrogens (tertiary/aromatic N) is 1. The third-order valence-electron chi connectivity index (χ3n) is 2.89. The zero-order chi connectivity index (χ0) is 15.0. The van der Waals surface area contributed by atoms with Gasteiger partial charge in [-0.25, -0.2) is 8.42 Å². The Kier molecular flexibility index (Phi) is 6.98. The highest BCUT2D eigenvalue weighted by atomic mass is 32.2. The van der Waals surface area contributed by atoms with E-state index in [0.717, 1.165) is 12.3 Å². The molecule has 0 saturated heterocycles. The fourth-order valence-corrected chi connectivity index (χ4v) is 2.30. The van der Waals surface area contributed by atoms with Gasteiger partial charge in [0.1, 0.15) is 22.2 Å². The molecule has 0 saturated carbocycles. The topological polar surface area (TPSA) is 58.6 Å². The van der Waals surface area contributed by atoms with Crippen molar-refractivity contribution >= 4 is 9.84 Å². The van der Waals surface area contributed by atoms with Crippen molar-refractivity contribution in [2.24, 2.45) is 0 Å². The second kappa shape index (κ2) is 8.24. The highest BCUT2D eigenvalue weighted by Gasteiger charge is 2.05. The van der Waals surface area contributed by atoms with Gasteiger partial charge in [0, 0.05) is 25.9 Å². The van der Waals surface area contributed by atoms with E-state index in [-0.39, 0.29) is 5.75 Å². The van der Waals surface area contributed by atoms with Crippen LogP contribution in [-0.2, 0) is 16.4 Å². The number of nitrogens with one attached hydrogen (secondary N) is 1. The quantitative estimate of drug-likeness (QED) is 0.730. The normalized spacial score (nSPS) is 11.8. The summed E-state index contributed by atoms with van der Waals surface area (Å²) in [5, 5.41) is 3.09. The van der Waals surface area contributed by atoms with Crippen molar-refractivity contribution in [3.05, 3.63) is 29.8 Å². The van der Waals surface area contributed by atoms with Gasteiger partial charge in [0.05, 0.1) is 5.75 Å². The Labute approximate surface area is 121 Å². The van der Waals surface area contributed by atoms with Crippen molar-refractivity contribution < 1.29 is 13.2 Å². The van der Waals surface area contributed by atoms with Gasteiger partial charge in [-0.15, -0.1) is 0 Å². The number of rotatable bonds is 9. The van der Waals surface area contributed by atoms with Gasteiger partial charge in [0.2, 0.25) is 0 Å². The number of ether oxygens (including phenoxy) is 1. The molecule has 1 N–H and O–H groups in total. The van der Waals surface area contributed by atoms with E-state index >= 15 is 0 Å². The zero-order valence-corrected chi connectivity index (χ0v) is 13.2. The molecule has 0 aliphatic carbocycles. The van der Waals surface area contributed by atoms with Crippen molar-refractivity contribution in [1.29, 1.82) is 0 Å². The van der Waals surface area contributed by atoms with Gasteiger partial charge in [0.15, 0.2) is 0 Å². The van der Waals surface area contributed by atoms with E-state index in [9.17, 15) is 8.42 Å². The first-order chi connectivity index (χ1) is 9.40. The smallest absolute Gasteiger partial charge is 0.148 e.